The molecule has 1 aromatic heterocycles. The maximum atomic E-state index is 12.7. The van der Waals surface area contributed by atoms with E-state index in [2.05, 4.69) is 17.2 Å². The zero-order valence-electron chi connectivity index (χ0n) is 15.0. The number of hydrogen-bond acceptors (Lipinski definition) is 5. The van der Waals surface area contributed by atoms with Gasteiger partial charge in [0.15, 0.2) is 9.84 Å². The molecule has 0 spiro atoms. The molecule has 7 heteroatoms. The van der Waals surface area contributed by atoms with Gasteiger partial charge in [0.25, 0.3) is 0 Å². The molecule has 1 aromatic carbocycles. The second-order valence-electron chi connectivity index (χ2n) is 6.79. The Balaban J connectivity index is 1.66. The summed E-state index contributed by atoms with van der Waals surface area (Å²) in [5.41, 5.74) is 0.867. The molecule has 1 atom stereocenters. The highest BCUT2D eigenvalue weighted by Gasteiger charge is 2.34. The number of rotatable bonds is 7. The third-order valence-electron chi connectivity index (χ3n) is 4.81. The number of amides is 1. The van der Waals surface area contributed by atoms with Gasteiger partial charge in [0.1, 0.15) is 0 Å². The Kier molecular flexibility index (Phi) is 5.76. The van der Waals surface area contributed by atoms with Gasteiger partial charge in [0.05, 0.1) is 18.1 Å². The summed E-state index contributed by atoms with van der Waals surface area (Å²) in [7, 11) is -3.01. The fraction of sp³-hybridized carbons (Fsp3) is 0.474. The predicted octanol–water partition coefficient (Wildman–Crippen LogP) is 2.46. The smallest absolute Gasteiger partial charge is 0.242 e. The van der Waals surface area contributed by atoms with Crippen molar-refractivity contribution >= 4 is 32.2 Å². The first-order valence-electron chi connectivity index (χ1n) is 9.06. The number of nitrogens with zero attached hydrogens (tertiary/aromatic N) is 2. The van der Waals surface area contributed by atoms with Crippen molar-refractivity contribution in [1.29, 1.82) is 0 Å². The van der Waals surface area contributed by atoms with E-state index in [0.717, 1.165) is 29.3 Å². The Bertz CT molecular complexity index is 882. The number of hydrogen-bond donors (Lipinski definition) is 1. The molecule has 3 rings (SSSR count). The molecule has 2 heterocycles. The molecule has 1 amide bonds. The van der Waals surface area contributed by atoms with Crippen LogP contribution in [0.1, 0.15) is 26.2 Å². The summed E-state index contributed by atoms with van der Waals surface area (Å²) in [5.74, 6) is 0.223. The highest BCUT2D eigenvalue weighted by Crippen LogP contribution is 2.20. The van der Waals surface area contributed by atoms with Crippen LogP contribution in [0.15, 0.2) is 36.7 Å². The highest BCUT2D eigenvalue weighted by atomic mass is 32.2. The Morgan fingerprint density at radius 3 is 2.88 bits per heavy atom. The summed E-state index contributed by atoms with van der Waals surface area (Å²) >= 11 is 0. The van der Waals surface area contributed by atoms with E-state index < -0.39 is 9.84 Å². The Labute approximate surface area is 154 Å². The van der Waals surface area contributed by atoms with Crippen molar-refractivity contribution in [3.8, 4) is 0 Å². The number of sulfone groups is 1. The maximum absolute atomic E-state index is 12.7. The number of benzene rings is 1. The molecule has 2 aromatic rings. The minimum Gasteiger partial charge on any atom is -0.376 e. The lowest BCUT2D eigenvalue weighted by Crippen LogP contribution is -2.44. The van der Waals surface area contributed by atoms with Gasteiger partial charge in [-0.15, -0.1) is 0 Å². The van der Waals surface area contributed by atoms with Crippen molar-refractivity contribution in [3.05, 3.63) is 36.7 Å². The summed E-state index contributed by atoms with van der Waals surface area (Å²) in [4.78, 5) is 18.6. The number of fused-ring (bicyclic) bond motifs is 1. The Morgan fingerprint density at radius 1 is 1.31 bits per heavy atom. The normalized spacial score (nSPS) is 18.7. The molecule has 1 N–H and O–H groups in total. The minimum absolute atomic E-state index is 0.0459. The van der Waals surface area contributed by atoms with Gasteiger partial charge in [-0.25, -0.2) is 8.42 Å². The van der Waals surface area contributed by atoms with Crippen molar-refractivity contribution in [2.24, 2.45) is 0 Å². The molecule has 1 unspecified atom stereocenters. The maximum Gasteiger partial charge on any atom is 0.242 e. The van der Waals surface area contributed by atoms with Crippen LogP contribution in [0.2, 0.25) is 0 Å². The number of carbonyl (C=O) groups excluding carboxylic acids is 1. The lowest BCUT2D eigenvalue weighted by molar-refractivity contribution is -0.131. The number of pyridine rings is 1. The summed E-state index contributed by atoms with van der Waals surface area (Å²) in [5, 5.41) is 5.28. The number of carbonyl (C=O) groups is 1. The van der Waals surface area contributed by atoms with Crippen LogP contribution >= 0.6 is 0 Å². The van der Waals surface area contributed by atoms with Gasteiger partial charge in [-0.1, -0.05) is 19.4 Å². The van der Waals surface area contributed by atoms with Crippen LogP contribution in [0.3, 0.4) is 0 Å². The van der Waals surface area contributed by atoms with Crippen LogP contribution in [0, 0.1) is 0 Å². The average Bonchev–Trinajstić information content (AvgIpc) is 2.99. The molecular weight excluding hydrogens is 350 g/mol. The molecule has 6 nitrogen and oxygen atoms in total. The van der Waals surface area contributed by atoms with E-state index in [0.29, 0.717) is 13.0 Å². The Hall–Kier alpha value is -2.15. The molecule has 26 heavy (non-hydrogen) atoms. The minimum atomic E-state index is -3.01. The van der Waals surface area contributed by atoms with E-state index in [9.17, 15) is 13.2 Å². The molecule has 0 aliphatic carbocycles. The molecule has 1 fully saturated rings. The van der Waals surface area contributed by atoms with Crippen LogP contribution in [0.4, 0.5) is 5.69 Å². The topological polar surface area (TPSA) is 79.4 Å². The first-order chi connectivity index (χ1) is 12.5. The molecule has 0 bridgehead atoms. The van der Waals surface area contributed by atoms with Gasteiger partial charge in [-0.05, 0) is 36.4 Å². The van der Waals surface area contributed by atoms with E-state index in [4.69, 9.17) is 0 Å². The van der Waals surface area contributed by atoms with E-state index in [1.807, 2.05) is 24.3 Å². The summed E-state index contributed by atoms with van der Waals surface area (Å²) in [6, 6.07) is 7.62. The average molecular weight is 375 g/mol. The SMILES string of the molecule is CCCCN(C(=O)CNc1ccc2cnccc2c1)C1CCS(=O)(=O)C1. The van der Waals surface area contributed by atoms with E-state index >= 15 is 0 Å². The first-order valence-corrected chi connectivity index (χ1v) is 10.9. The summed E-state index contributed by atoms with van der Waals surface area (Å²) < 4.78 is 23.6. The molecule has 1 aliphatic heterocycles. The fourth-order valence-corrected chi connectivity index (χ4v) is 5.06. The van der Waals surface area contributed by atoms with E-state index in [1.165, 1.54) is 0 Å². The lowest BCUT2D eigenvalue weighted by atomic mass is 10.1. The van der Waals surface area contributed by atoms with Crippen molar-refractivity contribution < 1.29 is 13.2 Å². The largest absolute Gasteiger partial charge is 0.376 e. The number of unbranched alkanes of at least 4 members (excludes halogenated alkanes) is 1. The molecular formula is C19H25N3O3S. The first kappa shape index (κ1) is 18.6. The van der Waals surface area contributed by atoms with Crippen LogP contribution in [0.25, 0.3) is 10.8 Å². The van der Waals surface area contributed by atoms with Crippen LogP contribution in [-0.4, -0.2) is 54.8 Å². The van der Waals surface area contributed by atoms with Gasteiger partial charge >= 0.3 is 0 Å². The molecule has 0 radical (unpaired) electrons. The summed E-state index contributed by atoms with van der Waals surface area (Å²) in [6.07, 6.45) is 5.93. The van der Waals surface area contributed by atoms with Crippen molar-refractivity contribution in [3.63, 3.8) is 0 Å². The second kappa shape index (κ2) is 8.03. The lowest BCUT2D eigenvalue weighted by Gasteiger charge is -2.28. The van der Waals surface area contributed by atoms with Gasteiger partial charge < -0.3 is 10.2 Å². The zero-order valence-corrected chi connectivity index (χ0v) is 15.8. The van der Waals surface area contributed by atoms with E-state index in [-0.39, 0.29) is 30.0 Å². The highest BCUT2D eigenvalue weighted by molar-refractivity contribution is 7.91. The van der Waals surface area contributed by atoms with Crippen LogP contribution < -0.4 is 5.32 Å². The molecule has 1 aliphatic rings. The van der Waals surface area contributed by atoms with Gasteiger partial charge in [0.2, 0.25) is 5.91 Å². The second-order valence-corrected chi connectivity index (χ2v) is 9.02. The molecule has 1 saturated heterocycles. The standard InChI is InChI=1S/C19H25N3O3S/c1-2-3-9-22(18-7-10-26(24,25)14-18)19(23)13-21-17-5-4-16-12-20-8-6-15(16)11-17/h4-6,8,11-12,18,21H,2-3,7,9-10,13-14H2,1H3. The summed E-state index contributed by atoms with van der Waals surface area (Å²) in [6.45, 7) is 2.84. The third kappa shape index (κ3) is 4.52. The third-order valence-corrected chi connectivity index (χ3v) is 6.56. The van der Waals surface area contributed by atoms with Crippen LogP contribution in [-0.2, 0) is 14.6 Å². The number of anilines is 1. The van der Waals surface area contributed by atoms with Gasteiger partial charge in [0, 0.05) is 36.1 Å². The molecule has 0 saturated carbocycles. The predicted molar refractivity (Wildman–Crippen MR) is 104 cm³/mol. The monoisotopic (exact) mass is 375 g/mol. The quantitative estimate of drug-likeness (QED) is 0.804. The fourth-order valence-electron chi connectivity index (χ4n) is 3.33. The van der Waals surface area contributed by atoms with Crippen molar-refractivity contribution in [1.82, 2.24) is 9.88 Å². The Morgan fingerprint density at radius 2 is 2.15 bits per heavy atom. The van der Waals surface area contributed by atoms with E-state index in [1.54, 1.807) is 17.3 Å². The van der Waals surface area contributed by atoms with Crippen molar-refractivity contribution in [2.75, 3.05) is 29.9 Å². The number of aromatic nitrogens is 1. The number of nitrogens with one attached hydrogen (secondary N) is 1. The van der Waals surface area contributed by atoms with Gasteiger partial charge in [-0.3, -0.25) is 9.78 Å². The van der Waals surface area contributed by atoms with Gasteiger partial charge in [-0.2, -0.15) is 0 Å². The zero-order chi connectivity index (χ0) is 18.6. The molecule has 140 valence electrons. The van der Waals surface area contributed by atoms with Crippen LogP contribution in [0.5, 0.6) is 0 Å². The van der Waals surface area contributed by atoms with Crippen molar-refractivity contribution in [2.45, 2.75) is 32.2 Å².